The number of primary sulfonamides is 1. The number of carbonyl (C=O) groups excluding carboxylic acids is 3. The van der Waals surface area contributed by atoms with Crippen molar-refractivity contribution in [3.8, 4) is 11.1 Å². The molecule has 1 fully saturated rings. The predicted octanol–water partition coefficient (Wildman–Crippen LogP) is 1.21. The van der Waals surface area contributed by atoms with E-state index in [1.807, 2.05) is 12.1 Å². The molecule has 3 aromatic rings. The maximum absolute atomic E-state index is 13.2. The van der Waals surface area contributed by atoms with Crippen LogP contribution in [0, 0.1) is 5.92 Å². The smallest absolute Gasteiger partial charge is 0.251 e. The summed E-state index contributed by atoms with van der Waals surface area (Å²) in [4.78, 5) is 42.3. The molecule has 14 heteroatoms. The number of rotatable bonds is 12. The van der Waals surface area contributed by atoms with Gasteiger partial charge in [0, 0.05) is 25.1 Å². The van der Waals surface area contributed by atoms with Crippen molar-refractivity contribution >= 4 is 59.3 Å². The first kappa shape index (κ1) is 29.0. The molecule has 208 valence electrons. The van der Waals surface area contributed by atoms with Gasteiger partial charge < -0.3 is 15.7 Å². The standard InChI is InChI=1S/C25H28N4O7S3/c26-39(35,36)12-10-28-24(33)22(38(34)21(31)13-15-1-2-15)25-29-19-8-7-18(14-20(19)37-25)16-3-5-17(6-4-16)23(32)27-9-11-30/h3-8,14-15,22,30H,1-2,9-13H2,(H,27,32)(H,28,33)(H2,26,35,36). The van der Waals surface area contributed by atoms with Crippen LogP contribution in [0.3, 0.4) is 0 Å². The number of amides is 2. The Morgan fingerprint density at radius 3 is 2.41 bits per heavy atom. The molecule has 11 nitrogen and oxygen atoms in total. The molecule has 1 aromatic heterocycles. The molecule has 1 aliphatic carbocycles. The molecule has 5 N–H and O–H groups in total. The highest BCUT2D eigenvalue weighted by molar-refractivity contribution is 8.01. The van der Waals surface area contributed by atoms with Crippen LogP contribution in [0.15, 0.2) is 42.5 Å². The quantitative estimate of drug-likeness (QED) is 0.242. The summed E-state index contributed by atoms with van der Waals surface area (Å²) in [6, 6.07) is 12.3. The zero-order valence-electron chi connectivity index (χ0n) is 20.8. The molecule has 0 spiro atoms. The summed E-state index contributed by atoms with van der Waals surface area (Å²) in [6.07, 6.45) is 1.88. The highest BCUT2D eigenvalue weighted by Crippen LogP contribution is 2.36. The highest BCUT2D eigenvalue weighted by Gasteiger charge is 2.37. The van der Waals surface area contributed by atoms with E-state index >= 15 is 0 Å². The summed E-state index contributed by atoms with van der Waals surface area (Å²) < 4.78 is 36.4. The van der Waals surface area contributed by atoms with Crippen LogP contribution >= 0.6 is 11.3 Å². The average molecular weight is 593 g/mol. The molecule has 39 heavy (non-hydrogen) atoms. The number of nitrogens with zero attached hydrogens (tertiary/aromatic N) is 1. The first-order valence-electron chi connectivity index (χ1n) is 12.2. The Morgan fingerprint density at radius 2 is 1.77 bits per heavy atom. The van der Waals surface area contributed by atoms with Gasteiger partial charge in [-0.2, -0.15) is 0 Å². The predicted molar refractivity (Wildman–Crippen MR) is 149 cm³/mol. The Balaban J connectivity index is 1.59. The summed E-state index contributed by atoms with van der Waals surface area (Å²) in [5.41, 5.74) is 2.64. The number of hydrogen-bond acceptors (Lipinski definition) is 9. The molecule has 1 heterocycles. The van der Waals surface area contributed by atoms with E-state index in [0.29, 0.717) is 15.8 Å². The lowest BCUT2D eigenvalue weighted by atomic mass is 10.0. The third kappa shape index (κ3) is 7.76. The zero-order valence-corrected chi connectivity index (χ0v) is 23.2. The van der Waals surface area contributed by atoms with Gasteiger partial charge >= 0.3 is 0 Å². The lowest BCUT2D eigenvalue weighted by Gasteiger charge is -2.13. The molecule has 2 aromatic carbocycles. The van der Waals surface area contributed by atoms with Crippen LogP contribution < -0.4 is 15.8 Å². The summed E-state index contributed by atoms with van der Waals surface area (Å²) in [5.74, 6) is -1.37. The number of aromatic nitrogens is 1. The fourth-order valence-corrected chi connectivity index (χ4v) is 6.76. The summed E-state index contributed by atoms with van der Waals surface area (Å²) in [6.45, 7) is -0.278. The number of aliphatic hydroxyl groups is 1. The Morgan fingerprint density at radius 1 is 1.08 bits per heavy atom. The number of sulfonamides is 1. The van der Waals surface area contributed by atoms with E-state index in [-0.39, 0.29) is 42.9 Å². The van der Waals surface area contributed by atoms with E-state index in [2.05, 4.69) is 15.6 Å². The van der Waals surface area contributed by atoms with E-state index in [0.717, 1.165) is 35.3 Å². The first-order chi connectivity index (χ1) is 18.6. The minimum Gasteiger partial charge on any atom is -0.395 e. The number of fused-ring (bicyclic) bond motifs is 1. The second-order valence-corrected chi connectivity index (χ2v) is 13.5. The van der Waals surface area contributed by atoms with Crippen LogP contribution in [-0.4, -0.2) is 65.1 Å². The molecule has 0 saturated heterocycles. The molecule has 1 aliphatic rings. The third-order valence-corrected chi connectivity index (χ3v) is 9.51. The number of benzene rings is 2. The van der Waals surface area contributed by atoms with E-state index in [9.17, 15) is 27.0 Å². The molecule has 2 amide bonds. The number of nitrogens with one attached hydrogen (secondary N) is 2. The lowest BCUT2D eigenvalue weighted by Crippen LogP contribution is -2.37. The Bertz CT molecular complexity index is 1520. The fourth-order valence-electron chi connectivity index (χ4n) is 3.80. The van der Waals surface area contributed by atoms with Gasteiger partial charge in [0.1, 0.15) is 15.8 Å². The third-order valence-electron chi connectivity index (χ3n) is 6.02. The average Bonchev–Trinajstić information content (AvgIpc) is 3.61. The van der Waals surface area contributed by atoms with Crippen molar-refractivity contribution in [1.29, 1.82) is 0 Å². The molecule has 0 bridgehead atoms. The van der Waals surface area contributed by atoms with Gasteiger partial charge in [-0.15, -0.1) is 11.3 Å². The maximum atomic E-state index is 13.2. The van der Waals surface area contributed by atoms with Crippen molar-refractivity contribution in [2.75, 3.05) is 25.4 Å². The van der Waals surface area contributed by atoms with Crippen LogP contribution in [0.1, 0.15) is 39.9 Å². The van der Waals surface area contributed by atoms with Gasteiger partial charge in [-0.05, 0) is 54.2 Å². The number of aliphatic hydroxyl groups excluding tert-OH is 1. The minimum absolute atomic E-state index is 0.122. The fraction of sp³-hybridized carbons (Fsp3) is 0.360. The first-order valence-corrected chi connectivity index (χ1v) is 15.9. The molecule has 2 atom stereocenters. The van der Waals surface area contributed by atoms with Crippen molar-refractivity contribution in [2.45, 2.75) is 24.5 Å². The van der Waals surface area contributed by atoms with E-state index in [1.165, 1.54) is 0 Å². The lowest BCUT2D eigenvalue weighted by molar-refractivity contribution is -0.121. The molecule has 1 saturated carbocycles. The van der Waals surface area contributed by atoms with Crippen LogP contribution in [-0.2, 0) is 30.4 Å². The Hall–Kier alpha value is -3.04. The number of nitrogens with two attached hydrogens (primary N) is 1. The van der Waals surface area contributed by atoms with Crippen LogP contribution in [0.4, 0.5) is 0 Å². The van der Waals surface area contributed by atoms with Crippen LogP contribution in [0.25, 0.3) is 21.3 Å². The van der Waals surface area contributed by atoms with Crippen molar-refractivity contribution in [3.05, 3.63) is 53.0 Å². The molecule has 4 rings (SSSR count). The largest absolute Gasteiger partial charge is 0.395 e. The Labute approximate surface area is 231 Å². The normalized spacial score (nSPS) is 15.0. The SMILES string of the molecule is NS(=O)(=O)CCNC(=O)C(c1nc2ccc(-c3ccc(C(=O)NCCO)cc3)cc2s1)S(=O)C(=O)CC1CC1. The van der Waals surface area contributed by atoms with Gasteiger partial charge in [0.05, 0.1) is 22.6 Å². The molecule has 0 aliphatic heterocycles. The molecular weight excluding hydrogens is 564 g/mol. The monoisotopic (exact) mass is 592 g/mol. The highest BCUT2D eigenvalue weighted by atomic mass is 32.2. The number of hydrogen-bond donors (Lipinski definition) is 4. The molecule has 0 radical (unpaired) electrons. The minimum atomic E-state index is -3.82. The van der Waals surface area contributed by atoms with E-state index < -0.39 is 42.8 Å². The summed E-state index contributed by atoms with van der Waals surface area (Å²) in [7, 11) is -6.02. The van der Waals surface area contributed by atoms with Crippen LogP contribution in [0.2, 0.25) is 0 Å². The van der Waals surface area contributed by atoms with Crippen LogP contribution in [0.5, 0.6) is 0 Å². The van der Waals surface area contributed by atoms with Gasteiger partial charge in [-0.25, -0.2) is 18.5 Å². The van der Waals surface area contributed by atoms with Gasteiger partial charge in [0.15, 0.2) is 5.25 Å². The maximum Gasteiger partial charge on any atom is 0.251 e. The number of carbonyl (C=O) groups is 3. The van der Waals surface area contributed by atoms with Crippen molar-refractivity contribution in [2.24, 2.45) is 11.1 Å². The van der Waals surface area contributed by atoms with Gasteiger partial charge in [0.25, 0.3) is 5.91 Å². The summed E-state index contributed by atoms with van der Waals surface area (Å²) >= 11 is 1.13. The zero-order chi connectivity index (χ0) is 28.2. The van der Waals surface area contributed by atoms with Crippen molar-refractivity contribution in [3.63, 3.8) is 0 Å². The Kier molecular flexibility index (Phi) is 9.23. The van der Waals surface area contributed by atoms with Crippen molar-refractivity contribution < 1.29 is 32.1 Å². The van der Waals surface area contributed by atoms with Crippen molar-refractivity contribution in [1.82, 2.24) is 15.6 Å². The second-order valence-electron chi connectivity index (χ2n) is 9.15. The second kappa shape index (κ2) is 12.4. The van der Waals surface area contributed by atoms with Gasteiger partial charge in [-0.1, -0.05) is 18.2 Å². The topological polar surface area (TPSA) is 186 Å². The van der Waals surface area contributed by atoms with Gasteiger partial charge in [0.2, 0.25) is 21.0 Å². The van der Waals surface area contributed by atoms with E-state index in [4.69, 9.17) is 10.2 Å². The molecule has 2 unspecified atom stereocenters. The summed E-state index contributed by atoms with van der Waals surface area (Å²) in [5, 5.41) is 17.2. The number of thiazole rings is 1. The van der Waals surface area contributed by atoms with Gasteiger partial charge in [-0.3, -0.25) is 18.6 Å². The van der Waals surface area contributed by atoms with E-state index in [1.54, 1.807) is 30.3 Å². The molecular formula is C25H28N4O7S3.